The molecule has 5 aromatic heterocycles. The molecule has 0 amide bonds. The minimum absolute atomic E-state index is 0.533. The first kappa shape index (κ1) is 35.4. The Morgan fingerprint density at radius 1 is 0.397 bits per heavy atom. The fraction of sp³-hybridized carbons (Fsp3) is 0. The van der Waals surface area contributed by atoms with Gasteiger partial charge >= 0.3 is 0 Å². The standard InChI is InChI=1S/C55H32N6OS/c1-4-16-33(17-5-1)49-51-50(39-24-12-15-27-46(39)63-51)57-54(56-49)36-28-29-42(40(32-36)55-59-52(34-18-6-2-7-19-34)58-53(60-55)35-20-8-3-9-21-35)61-41-25-13-10-22-37(41)47-43(61)30-31-45-48(47)38-23-11-14-26-44(38)62-45/h1-32H. The first-order valence-corrected chi connectivity index (χ1v) is 21.7. The van der Waals surface area contributed by atoms with E-state index in [-0.39, 0.29) is 0 Å². The van der Waals surface area contributed by atoms with Gasteiger partial charge in [-0.3, -0.25) is 0 Å². The van der Waals surface area contributed by atoms with E-state index in [2.05, 4.69) is 120 Å². The Morgan fingerprint density at radius 2 is 1.00 bits per heavy atom. The molecule has 0 atom stereocenters. The predicted octanol–water partition coefficient (Wildman–Crippen LogP) is 14.4. The van der Waals surface area contributed by atoms with Crippen molar-refractivity contribution in [2.75, 3.05) is 0 Å². The van der Waals surface area contributed by atoms with Gasteiger partial charge in [-0.1, -0.05) is 146 Å². The van der Waals surface area contributed by atoms with Crippen molar-refractivity contribution in [1.82, 2.24) is 29.5 Å². The summed E-state index contributed by atoms with van der Waals surface area (Å²) in [7, 11) is 0. The van der Waals surface area contributed by atoms with Crippen molar-refractivity contribution in [3.8, 4) is 62.5 Å². The van der Waals surface area contributed by atoms with Gasteiger partial charge in [0.1, 0.15) is 11.2 Å². The molecule has 13 rings (SSSR count). The van der Waals surface area contributed by atoms with E-state index in [1.54, 1.807) is 11.3 Å². The topological polar surface area (TPSA) is 82.5 Å². The molecule has 63 heavy (non-hydrogen) atoms. The third-order valence-corrected chi connectivity index (χ3v) is 13.0. The van der Waals surface area contributed by atoms with Gasteiger partial charge in [-0.15, -0.1) is 11.3 Å². The number of para-hydroxylation sites is 2. The molecular formula is C55H32N6OS. The number of aromatic nitrogens is 6. The largest absolute Gasteiger partial charge is 0.456 e. The lowest BCUT2D eigenvalue weighted by molar-refractivity contribution is 0.669. The van der Waals surface area contributed by atoms with Gasteiger partial charge < -0.3 is 8.98 Å². The lowest BCUT2D eigenvalue weighted by Crippen LogP contribution is -2.04. The molecule has 8 aromatic carbocycles. The first-order chi connectivity index (χ1) is 31.2. The Bertz CT molecular complexity index is 3860. The summed E-state index contributed by atoms with van der Waals surface area (Å²) >= 11 is 1.73. The monoisotopic (exact) mass is 824 g/mol. The number of thiophene rings is 1. The minimum Gasteiger partial charge on any atom is -0.456 e. The summed E-state index contributed by atoms with van der Waals surface area (Å²) in [6.07, 6.45) is 0. The van der Waals surface area contributed by atoms with Gasteiger partial charge in [0.2, 0.25) is 0 Å². The average Bonchev–Trinajstić information content (AvgIpc) is 4.04. The van der Waals surface area contributed by atoms with Crippen molar-refractivity contribution in [3.05, 3.63) is 194 Å². The number of nitrogens with zero attached hydrogens (tertiary/aromatic N) is 6. The molecule has 0 saturated heterocycles. The molecule has 0 saturated carbocycles. The molecule has 294 valence electrons. The highest BCUT2D eigenvalue weighted by atomic mass is 32.1. The molecule has 0 unspecified atom stereocenters. The summed E-state index contributed by atoms with van der Waals surface area (Å²) in [4.78, 5) is 26.4. The number of benzene rings is 8. The second kappa shape index (κ2) is 14.1. The van der Waals surface area contributed by atoms with Crippen LogP contribution in [-0.4, -0.2) is 29.5 Å². The molecule has 0 aliphatic rings. The van der Waals surface area contributed by atoms with Crippen molar-refractivity contribution in [2.45, 2.75) is 0 Å². The smallest absolute Gasteiger partial charge is 0.166 e. The molecule has 0 fully saturated rings. The lowest BCUT2D eigenvalue weighted by Gasteiger charge is -2.16. The van der Waals surface area contributed by atoms with E-state index in [1.807, 2.05) is 78.9 Å². The highest BCUT2D eigenvalue weighted by Gasteiger charge is 2.24. The highest BCUT2D eigenvalue weighted by molar-refractivity contribution is 7.26. The normalized spacial score (nSPS) is 11.8. The predicted molar refractivity (Wildman–Crippen MR) is 257 cm³/mol. The van der Waals surface area contributed by atoms with E-state index in [9.17, 15) is 0 Å². The maximum atomic E-state index is 6.44. The summed E-state index contributed by atoms with van der Waals surface area (Å²) < 4.78 is 11.0. The van der Waals surface area contributed by atoms with Crippen molar-refractivity contribution >= 4 is 75.4 Å². The fourth-order valence-corrected chi connectivity index (χ4v) is 10.2. The van der Waals surface area contributed by atoms with E-state index >= 15 is 0 Å². The second-order valence-corrected chi connectivity index (χ2v) is 16.6. The van der Waals surface area contributed by atoms with E-state index in [1.165, 1.54) is 4.70 Å². The summed E-state index contributed by atoms with van der Waals surface area (Å²) in [6, 6.07) is 66.6. The maximum absolute atomic E-state index is 6.44. The quantitative estimate of drug-likeness (QED) is 0.166. The summed E-state index contributed by atoms with van der Waals surface area (Å²) in [5.41, 5.74) is 11.0. The van der Waals surface area contributed by atoms with Crippen LogP contribution in [0.2, 0.25) is 0 Å². The Kier molecular flexibility index (Phi) is 7.94. The lowest BCUT2D eigenvalue weighted by atomic mass is 10.0. The number of fused-ring (bicyclic) bond motifs is 10. The minimum atomic E-state index is 0.533. The van der Waals surface area contributed by atoms with Crippen LogP contribution >= 0.6 is 11.3 Å². The van der Waals surface area contributed by atoms with E-state index in [0.29, 0.717) is 23.3 Å². The van der Waals surface area contributed by atoms with Gasteiger partial charge in [0, 0.05) is 59.4 Å². The summed E-state index contributed by atoms with van der Waals surface area (Å²) in [5, 5.41) is 5.52. The molecule has 0 spiro atoms. The number of rotatable bonds is 6. The molecule has 7 nitrogen and oxygen atoms in total. The van der Waals surface area contributed by atoms with Gasteiger partial charge in [0.15, 0.2) is 23.3 Å². The van der Waals surface area contributed by atoms with Crippen LogP contribution in [0.4, 0.5) is 0 Å². The highest BCUT2D eigenvalue weighted by Crippen LogP contribution is 2.44. The van der Waals surface area contributed by atoms with Crippen molar-refractivity contribution in [2.24, 2.45) is 0 Å². The molecule has 8 heteroatoms. The summed E-state index contributed by atoms with van der Waals surface area (Å²) in [5.74, 6) is 2.31. The van der Waals surface area contributed by atoms with Crippen molar-refractivity contribution < 1.29 is 4.42 Å². The van der Waals surface area contributed by atoms with Gasteiger partial charge in [-0.25, -0.2) is 24.9 Å². The van der Waals surface area contributed by atoms with E-state index < -0.39 is 0 Å². The Morgan fingerprint density at radius 3 is 1.75 bits per heavy atom. The molecule has 0 aliphatic heterocycles. The summed E-state index contributed by atoms with van der Waals surface area (Å²) in [6.45, 7) is 0. The second-order valence-electron chi connectivity index (χ2n) is 15.6. The Hall–Kier alpha value is -8.33. The van der Waals surface area contributed by atoms with Gasteiger partial charge in [0.25, 0.3) is 0 Å². The average molecular weight is 825 g/mol. The van der Waals surface area contributed by atoms with Crippen LogP contribution in [-0.2, 0) is 0 Å². The SMILES string of the molecule is c1ccc(-c2nc(-c3ccccc3)nc(-c3cc(-c4nc(-c5ccccc5)c5sc6ccccc6c5n4)ccc3-n3c4ccccc4c4c5c(ccc43)oc3ccccc35)n2)cc1. The zero-order chi connectivity index (χ0) is 41.4. The Labute approximate surface area is 364 Å². The van der Waals surface area contributed by atoms with Crippen LogP contribution in [0.3, 0.4) is 0 Å². The van der Waals surface area contributed by atoms with Crippen LogP contribution in [0.5, 0.6) is 0 Å². The molecule has 0 aliphatic carbocycles. The Balaban J connectivity index is 1.13. The van der Waals surface area contributed by atoms with Crippen molar-refractivity contribution in [3.63, 3.8) is 0 Å². The zero-order valence-electron chi connectivity index (χ0n) is 33.5. The van der Waals surface area contributed by atoms with Crippen LogP contribution in [0, 0.1) is 0 Å². The molecule has 0 bridgehead atoms. The van der Waals surface area contributed by atoms with E-state index in [4.69, 9.17) is 29.3 Å². The number of hydrogen-bond donors (Lipinski definition) is 0. The van der Waals surface area contributed by atoms with Crippen LogP contribution in [0.1, 0.15) is 0 Å². The first-order valence-electron chi connectivity index (χ1n) is 20.8. The fourth-order valence-electron chi connectivity index (χ4n) is 9.02. The van der Waals surface area contributed by atoms with Crippen molar-refractivity contribution in [1.29, 1.82) is 0 Å². The molecule has 0 N–H and O–H groups in total. The molecule has 0 radical (unpaired) electrons. The number of hydrogen-bond acceptors (Lipinski definition) is 7. The molecular weight excluding hydrogens is 793 g/mol. The van der Waals surface area contributed by atoms with Crippen LogP contribution in [0.15, 0.2) is 199 Å². The maximum Gasteiger partial charge on any atom is 0.166 e. The van der Waals surface area contributed by atoms with Crippen LogP contribution in [0.25, 0.3) is 127 Å². The van der Waals surface area contributed by atoms with E-state index in [0.717, 1.165) is 98.5 Å². The third-order valence-electron chi connectivity index (χ3n) is 11.9. The number of furan rings is 1. The molecule has 5 heterocycles. The van der Waals surface area contributed by atoms with Gasteiger partial charge in [-0.2, -0.15) is 0 Å². The van der Waals surface area contributed by atoms with Gasteiger partial charge in [0.05, 0.1) is 32.6 Å². The molecule has 13 aromatic rings. The third kappa shape index (κ3) is 5.69. The van der Waals surface area contributed by atoms with Gasteiger partial charge in [-0.05, 0) is 48.5 Å². The van der Waals surface area contributed by atoms with Crippen LogP contribution < -0.4 is 0 Å². The zero-order valence-corrected chi connectivity index (χ0v) is 34.3.